The normalized spacial score (nSPS) is 16.0. The smallest absolute Gasteiger partial charge is 0.277 e. The molecule has 0 bridgehead atoms. The minimum absolute atomic E-state index is 0.119. The highest BCUT2D eigenvalue weighted by atomic mass is 35.5. The second-order valence-electron chi connectivity index (χ2n) is 7.36. The van der Waals surface area contributed by atoms with E-state index in [1.54, 1.807) is 12.0 Å². The zero-order valence-electron chi connectivity index (χ0n) is 16.1. The number of para-hydroxylation sites is 2. The van der Waals surface area contributed by atoms with E-state index in [1.165, 1.54) is 0 Å². The van der Waals surface area contributed by atoms with Crippen LogP contribution in [-0.4, -0.2) is 23.2 Å². The number of hydrogen-bond acceptors (Lipinski definition) is 3. The van der Waals surface area contributed by atoms with Crippen LogP contribution in [0.15, 0.2) is 48.5 Å². The van der Waals surface area contributed by atoms with E-state index in [2.05, 4.69) is 24.0 Å². The van der Waals surface area contributed by atoms with Crippen LogP contribution in [0, 0.1) is 5.92 Å². The molecule has 1 N–H and O–H groups in total. The molecule has 28 heavy (non-hydrogen) atoms. The summed E-state index contributed by atoms with van der Waals surface area (Å²) in [5.74, 6) is 0.946. The van der Waals surface area contributed by atoms with Crippen molar-refractivity contribution in [3.8, 4) is 5.75 Å². The molecule has 144 valence electrons. The van der Waals surface area contributed by atoms with Crippen LogP contribution in [0.4, 0.5) is 5.69 Å². The molecule has 2 aromatic carbocycles. The predicted octanol–water partition coefficient (Wildman–Crippen LogP) is 5.02. The average Bonchev–Trinajstić information content (AvgIpc) is 3.20. The molecule has 0 saturated carbocycles. The van der Waals surface area contributed by atoms with E-state index in [1.807, 2.05) is 48.5 Å². The number of carbonyl (C=O) groups excluding carboxylic acids is 1. The van der Waals surface area contributed by atoms with Gasteiger partial charge in [0, 0.05) is 10.6 Å². The highest BCUT2D eigenvalue weighted by molar-refractivity contribution is 6.30. The Morgan fingerprint density at radius 1 is 1.21 bits per heavy atom. The first-order valence-corrected chi connectivity index (χ1v) is 9.68. The van der Waals surface area contributed by atoms with Gasteiger partial charge in [-0.3, -0.25) is 14.8 Å². The number of ether oxygens (including phenoxy) is 1. The molecular weight excluding hydrogens is 374 g/mol. The number of carbonyl (C=O) groups is 1. The van der Waals surface area contributed by atoms with Gasteiger partial charge in [-0.1, -0.05) is 49.7 Å². The monoisotopic (exact) mass is 395 g/mol. The molecule has 0 aliphatic carbocycles. The summed E-state index contributed by atoms with van der Waals surface area (Å²) in [6, 6.07) is 14.9. The van der Waals surface area contributed by atoms with Crippen molar-refractivity contribution in [3.63, 3.8) is 0 Å². The van der Waals surface area contributed by atoms with Crippen molar-refractivity contribution in [1.82, 2.24) is 10.2 Å². The largest absolute Gasteiger partial charge is 0.495 e. The lowest BCUT2D eigenvalue weighted by atomic mass is 9.95. The summed E-state index contributed by atoms with van der Waals surface area (Å²) in [5, 5.41) is 8.07. The maximum atomic E-state index is 13.4. The van der Waals surface area contributed by atoms with Gasteiger partial charge in [0.25, 0.3) is 5.91 Å². The summed E-state index contributed by atoms with van der Waals surface area (Å²) in [5.41, 5.74) is 4.04. The van der Waals surface area contributed by atoms with Crippen LogP contribution in [0.5, 0.6) is 5.75 Å². The first-order valence-electron chi connectivity index (χ1n) is 9.30. The molecular formula is C22H22ClN3O2. The molecule has 1 unspecified atom stereocenters. The van der Waals surface area contributed by atoms with Gasteiger partial charge in [-0.05, 0) is 42.2 Å². The summed E-state index contributed by atoms with van der Waals surface area (Å²) in [4.78, 5) is 15.2. The van der Waals surface area contributed by atoms with Gasteiger partial charge < -0.3 is 4.74 Å². The van der Waals surface area contributed by atoms with Crippen LogP contribution in [-0.2, 0) is 6.42 Å². The topological polar surface area (TPSA) is 58.2 Å². The fraction of sp³-hybridized carbons (Fsp3) is 0.273. The van der Waals surface area contributed by atoms with Crippen molar-refractivity contribution in [3.05, 3.63) is 76.1 Å². The first-order chi connectivity index (χ1) is 13.5. The van der Waals surface area contributed by atoms with Crippen LogP contribution in [0.25, 0.3) is 0 Å². The maximum absolute atomic E-state index is 13.4. The van der Waals surface area contributed by atoms with E-state index in [0.717, 1.165) is 28.9 Å². The number of benzene rings is 2. The number of methoxy groups -OCH3 is 1. The number of halogens is 1. The molecule has 1 amide bonds. The second kappa shape index (κ2) is 7.32. The highest BCUT2D eigenvalue weighted by Crippen LogP contribution is 2.45. The predicted molar refractivity (Wildman–Crippen MR) is 110 cm³/mol. The molecule has 2 heterocycles. The van der Waals surface area contributed by atoms with Gasteiger partial charge in [0.05, 0.1) is 24.5 Å². The fourth-order valence-corrected chi connectivity index (χ4v) is 4.02. The Kier molecular flexibility index (Phi) is 4.85. The lowest BCUT2D eigenvalue weighted by molar-refractivity contribution is 0.0988. The second-order valence-corrected chi connectivity index (χ2v) is 7.80. The molecule has 6 heteroatoms. The molecule has 1 atom stereocenters. The van der Waals surface area contributed by atoms with E-state index >= 15 is 0 Å². The summed E-state index contributed by atoms with van der Waals surface area (Å²) < 4.78 is 5.54. The molecule has 0 saturated heterocycles. The van der Waals surface area contributed by atoms with Crippen LogP contribution >= 0.6 is 11.6 Å². The van der Waals surface area contributed by atoms with Gasteiger partial charge >= 0.3 is 0 Å². The molecule has 1 aliphatic heterocycles. The van der Waals surface area contributed by atoms with Crippen molar-refractivity contribution >= 4 is 23.2 Å². The van der Waals surface area contributed by atoms with Crippen molar-refractivity contribution in [2.45, 2.75) is 26.3 Å². The number of amides is 1. The SMILES string of the molecule is COc1ccccc1N1C(=O)c2[nH]nc(CC(C)C)c2C1c1cccc(Cl)c1. The Hall–Kier alpha value is -2.79. The van der Waals surface area contributed by atoms with E-state index < -0.39 is 0 Å². The van der Waals surface area contributed by atoms with E-state index in [0.29, 0.717) is 22.4 Å². The van der Waals surface area contributed by atoms with Crippen molar-refractivity contribution < 1.29 is 9.53 Å². The summed E-state index contributed by atoms with van der Waals surface area (Å²) in [6.07, 6.45) is 0.788. The molecule has 0 spiro atoms. The van der Waals surface area contributed by atoms with Gasteiger partial charge in [0.1, 0.15) is 11.4 Å². The minimum Gasteiger partial charge on any atom is -0.495 e. The lowest BCUT2D eigenvalue weighted by Crippen LogP contribution is -2.30. The lowest BCUT2D eigenvalue weighted by Gasteiger charge is -2.28. The Bertz CT molecular complexity index is 1030. The maximum Gasteiger partial charge on any atom is 0.277 e. The van der Waals surface area contributed by atoms with Crippen LogP contribution in [0.2, 0.25) is 5.02 Å². The highest BCUT2D eigenvalue weighted by Gasteiger charge is 2.43. The Balaban J connectivity index is 1.93. The minimum atomic E-state index is -0.315. The Morgan fingerprint density at radius 2 is 2.00 bits per heavy atom. The van der Waals surface area contributed by atoms with Crippen LogP contribution in [0.1, 0.15) is 47.2 Å². The summed E-state index contributed by atoms with van der Waals surface area (Å²) in [7, 11) is 1.61. The van der Waals surface area contributed by atoms with Gasteiger partial charge in [-0.25, -0.2) is 0 Å². The third kappa shape index (κ3) is 3.06. The average molecular weight is 396 g/mol. The van der Waals surface area contributed by atoms with Gasteiger partial charge in [-0.2, -0.15) is 5.10 Å². The number of aromatic nitrogens is 2. The van der Waals surface area contributed by atoms with Gasteiger partial charge in [-0.15, -0.1) is 0 Å². The molecule has 3 aromatic rings. The van der Waals surface area contributed by atoms with E-state index in [-0.39, 0.29) is 11.9 Å². The fourth-order valence-electron chi connectivity index (χ4n) is 3.82. The first kappa shape index (κ1) is 18.6. The molecule has 1 aliphatic rings. The molecule has 4 rings (SSSR count). The number of nitrogens with one attached hydrogen (secondary N) is 1. The number of rotatable bonds is 5. The van der Waals surface area contributed by atoms with Gasteiger partial charge in [0.2, 0.25) is 0 Å². The van der Waals surface area contributed by atoms with Crippen molar-refractivity contribution in [2.24, 2.45) is 5.92 Å². The summed E-state index contributed by atoms with van der Waals surface area (Å²) in [6.45, 7) is 4.29. The Morgan fingerprint density at radius 3 is 2.71 bits per heavy atom. The van der Waals surface area contributed by atoms with E-state index in [4.69, 9.17) is 16.3 Å². The quantitative estimate of drug-likeness (QED) is 0.659. The van der Waals surface area contributed by atoms with Crippen LogP contribution in [0.3, 0.4) is 0 Å². The summed E-state index contributed by atoms with van der Waals surface area (Å²) >= 11 is 6.29. The zero-order valence-corrected chi connectivity index (χ0v) is 16.8. The number of anilines is 1. The van der Waals surface area contributed by atoms with Crippen molar-refractivity contribution in [1.29, 1.82) is 0 Å². The number of nitrogens with zero attached hydrogens (tertiary/aromatic N) is 2. The zero-order chi connectivity index (χ0) is 19.8. The number of hydrogen-bond donors (Lipinski definition) is 1. The van der Waals surface area contributed by atoms with E-state index in [9.17, 15) is 4.79 Å². The van der Waals surface area contributed by atoms with Gasteiger partial charge in [0.15, 0.2) is 0 Å². The van der Waals surface area contributed by atoms with Crippen molar-refractivity contribution in [2.75, 3.05) is 12.0 Å². The molecule has 0 fully saturated rings. The third-order valence-electron chi connectivity index (χ3n) is 4.96. The van der Waals surface area contributed by atoms with Crippen LogP contribution < -0.4 is 9.64 Å². The number of fused-ring (bicyclic) bond motifs is 1. The third-order valence-corrected chi connectivity index (χ3v) is 5.19. The Labute approximate surface area is 169 Å². The molecule has 0 radical (unpaired) electrons. The molecule has 5 nitrogen and oxygen atoms in total. The number of H-pyrrole nitrogens is 1. The standard InChI is InChI=1S/C22H22ClN3O2/c1-13(2)11-16-19-20(25-24-16)22(27)26(17-9-4-5-10-18(17)28-3)21(19)14-7-6-8-15(23)12-14/h4-10,12-13,21H,11H2,1-3H3,(H,24,25). The molecule has 1 aromatic heterocycles. The number of aromatic amines is 1.